The maximum atomic E-state index is 12.0. The monoisotopic (exact) mass is 355 g/mol. The summed E-state index contributed by atoms with van der Waals surface area (Å²) in [4.78, 5) is 16.3. The Bertz CT molecular complexity index is 646. The summed E-state index contributed by atoms with van der Waals surface area (Å²) in [5, 5.41) is 5.56. The van der Waals surface area contributed by atoms with Crippen LogP contribution in [0.2, 0.25) is 0 Å². The van der Waals surface area contributed by atoms with E-state index >= 15 is 0 Å². The van der Waals surface area contributed by atoms with Crippen LogP contribution in [0, 0.1) is 6.92 Å². The number of halogens is 1. The number of ether oxygens (including phenoxy) is 1. The number of thiazole rings is 1. The first kappa shape index (κ1) is 19.4. The van der Waals surface area contributed by atoms with E-state index in [0.717, 1.165) is 22.7 Å². The molecular formula is C16H22ClN3O2S. The van der Waals surface area contributed by atoms with E-state index in [1.165, 1.54) is 16.9 Å². The average Bonchev–Trinajstić information content (AvgIpc) is 2.96. The van der Waals surface area contributed by atoms with Gasteiger partial charge in [0, 0.05) is 18.3 Å². The molecule has 0 radical (unpaired) electrons. The van der Waals surface area contributed by atoms with E-state index in [0.29, 0.717) is 25.2 Å². The highest BCUT2D eigenvalue weighted by Gasteiger charge is 2.10. The third-order valence-electron chi connectivity index (χ3n) is 3.26. The van der Waals surface area contributed by atoms with Crippen LogP contribution in [0.1, 0.15) is 26.6 Å². The number of aryl methyl sites for hydroxylation is 1. The molecule has 0 fully saturated rings. The van der Waals surface area contributed by atoms with Crippen molar-refractivity contribution in [1.82, 2.24) is 10.3 Å². The molecule has 0 aliphatic rings. The molecule has 126 valence electrons. The van der Waals surface area contributed by atoms with Crippen LogP contribution < -0.4 is 15.8 Å². The van der Waals surface area contributed by atoms with Crippen LogP contribution in [0.3, 0.4) is 0 Å². The number of aromatic nitrogens is 1. The lowest BCUT2D eigenvalue weighted by Crippen LogP contribution is -2.26. The minimum Gasteiger partial charge on any atom is -0.496 e. The molecule has 3 N–H and O–H groups in total. The largest absolute Gasteiger partial charge is 0.496 e. The van der Waals surface area contributed by atoms with Crippen LogP contribution in [0.15, 0.2) is 23.6 Å². The molecule has 1 aromatic carbocycles. The Hall–Kier alpha value is -1.63. The Morgan fingerprint density at radius 3 is 2.87 bits per heavy atom. The number of amides is 1. The Morgan fingerprint density at radius 2 is 2.17 bits per heavy atom. The summed E-state index contributed by atoms with van der Waals surface area (Å²) in [6, 6.07) is 6.04. The van der Waals surface area contributed by atoms with Crippen LogP contribution in [-0.2, 0) is 12.8 Å². The molecule has 0 unspecified atom stereocenters. The van der Waals surface area contributed by atoms with Gasteiger partial charge in [0.05, 0.1) is 12.1 Å². The molecule has 1 aromatic heterocycles. The zero-order valence-corrected chi connectivity index (χ0v) is 14.9. The van der Waals surface area contributed by atoms with Gasteiger partial charge in [0.1, 0.15) is 11.4 Å². The molecule has 0 saturated heterocycles. The molecular weight excluding hydrogens is 334 g/mol. The highest BCUT2D eigenvalue weighted by molar-refractivity contribution is 7.09. The van der Waals surface area contributed by atoms with Gasteiger partial charge in [0.2, 0.25) is 0 Å². The predicted molar refractivity (Wildman–Crippen MR) is 95.9 cm³/mol. The maximum Gasteiger partial charge on any atom is 0.270 e. The standard InChI is InChI=1S/C16H21N3O2S.ClH/c1-11-3-4-14(21-2)12(9-11)6-8-18-16(20)13-10-22-15(19-13)5-7-17;/h3-4,9-10H,5-8,17H2,1-2H3,(H,18,20);1H. The molecule has 7 heteroatoms. The summed E-state index contributed by atoms with van der Waals surface area (Å²) < 4.78 is 5.34. The molecule has 0 atom stereocenters. The Kier molecular flexibility index (Phi) is 8.02. The van der Waals surface area contributed by atoms with Gasteiger partial charge in [-0.1, -0.05) is 17.7 Å². The average molecular weight is 356 g/mol. The van der Waals surface area contributed by atoms with Crippen molar-refractivity contribution < 1.29 is 9.53 Å². The van der Waals surface area contributed by atoms with Crippen molar-refractivity contribution in [3.8, 4) is 5.75 Å². The predicted octanol–water partition coefficient (Wildman–Crippen LogP) is 2.36. The van der Waals surface area contributed by atoms with E-state index in [4.69, 9.17) is 10.5 Å². The molecule has 1 heterocycles. The Labute approximate surface area is 146 Å². The van der Waals surface area contributed by atoms with Gasteiger partial charge in [-0.05, 0) is 31.5 Å². The second-order valence-corrected chi connectivity index (χ2v) is 5.93. The first-order chi connectivity index (χ1) is 10.6. The minimum atomic E-state index is -0.147. The molecule has 0 aliphatic carbocycles. The summed E-state index contributed by atoms with van der Waals surface area (Å²) in [6.45, 7) is 3.12. The molecule has 0 spiro atoms. The fourth-order valence-electron chi connectivity index (χ4n) is 2.16. The fraction of sp³-hybridized carbons (Fsp3) is 0.375. The van der Waals surface area contributed by atoms with E-state index in [1.807, 2.05) is 19.1 Å². The number of hydrogen-bond acceptors (Lipinski definition) is 5. The van der Waals surface area contributed by atoms with Crippen molar-refractivity contribution in [3.05, 3.63) is 45.4 Å². The molecule has 2 rings (SSSR count). The zero-order chi connectivity index (χ0) is 15.9. The summed E-state index contributed by atoms with van der Waals surface area (Å²) >= 11 is 1.47. The number of carbonyl (C=O) groups is 1. The number of benzene rings is 1. The molecule has 5 nitrogen and oxygen atoms in total. The molecule has 2 aromatic rings. The number of nitrogens with one attached hydrogen (secondary N) is 1. The van der Waals surface area contributed by atoms with Gasteiger partial charge in [0.25, 0.3) is 5.91 Å². The highest BCUT2D eigenvalue weighted by atomic mass is 35.5. The summed E-state index contributed by atoms with van der Waals surface area (Å²) in [5.41, 5.74) is 8.21. The second-order valence-electron chi connectivity index (χ2n) is 4.99. The van der Waals surface area contributed by atoms with E-state index in [2.05, 4.69) is 16.4 Å². The van der Waals surface area contributed by atoms with Crippen LogP contribution in [0.25, 0.3) is 0 Å². The minimum absolute atomic E-state index is 0. The molecule has 1 amide bonds. The number of nitrogens with two attached hydrogens (primary N) is 1. The fourth-order valence-corrected chi connectivity index (χ4v) is 2.95. The second kappa shape index (κ2) is 9.50. The number of hydrogen-bond donors (Lipinski definition) is 2. The van der Waals surface area contributed by atoms with E-state index in [-0.39, 0.29) is 18.3 Å². The first-order valence-electron chi connectivity index (χ1n) is 7.20. The van der Waals surface area contributed by atoms with Crippen molar-refractivity contribution in [2.45, 2.75) is 19.8 Å². The van der Waals surface area contributed by atoms with E-state index in [9.17, 15) is 4.79 Å². The van der Waals surface area contributed by atoms with Crippen molar-refractivity contribution >= 4 is 29.7 Å². The smallest absolute Gasteiger partial charge is 0.270 e. The first-order valence-corrected chi connectivity index (χ1v) is 8.08. The van der Waals surface area contributed by atoms with Crippen molar-refractivity contribution in [2.24, 2.45) is 5.73 Å². The van der Waals surface area contributed by atoms with Crippen LogP contribution >= 0.6 is 23.7 Å². The normalized spacial score (nSPS) is 10.0. The summed E-state index contributed by atoms with van der Waals surface area (Å²) in [6.07, 6.45) is 1.43. The van der Waals surface area contributed by atoms with E-state index < -0.39 is 0 Å². The lowest BCUT2D eigenvalue weighted by atomic mass is 10.1. The highest BCUT2D eigenvalue weighted by Crippen LogP contribution is 2.19. The van der Waals surface area contributed by atoms with E-state index in [1.54, 1.807) is 12.5 Å². The summed E-state index contributed by atoms with van der Waals surface area (Å²) in [7, 11) is 1.65. The Morgan fingerprint density at radius 1 is 1.39 bits per heavy atom. The van der Waals surface area contributed by atoms with Gasteiger partial charge in [-0.3, -0.25) is 4.79 Å². The van der Waals surface area contributed by atoms with Gasteiger partial charge in [-0.25, -0.2) is 4.98 Å². The molecule has 0 aliphatic heterocycles. The van der Waals surface area contributed by atoms with Crippen molar-refractivity contribution in [1.29, 1.82) is 0 Å². The van der Waals surface area contributed by atoms with Crippen LogP contribution in [0.5, 0.6) is 5.75 Å². The lowest BCUT2D eigenvalue weighted by Gasteiger charge is -2.10. The number of methoxy groups -OCH3 is 1. The number of nitrogens with zero attached hydrogens (tertiary/aromatic N) is 1. The van der Waals surface area contributed by atoms with Gasteiger partial charge < -0.3 is 15.8 Å². The van der Waals surface area contributed by atoms with Gasteiger partial charge in [-0.15, -0.1) is 23.7 Å². The van der Waals surface area contributed by atoms with Gasteiger partial charge in [-0.2, -0.15) is 0 Å². The number of carbonyl (C=O) groups excluding carboxylic acids is 1. The lowest BCUT2D eigenvalue weighted by molar-refractivity contribution is 0.0949. The topological polar surface area (TPSA) is 77.2 Å². The molecule has 0 bridgehead atoms. The van der Waals surface area contributed by atoms with Crippen molar-refractivity contribution in [2.75, 3.05) is 20.2 Å². The van der Waals surface area contributed by atoms with Gasteiger partial charge in [0.15, 0.2) is 0 Å². The number of rotatable bonds is 7. The van der Waals surface area contributed by atoms with Crippen LogP contribution in [-0.4, -0.2) is 31.1 Å². The third kappa shape index (κ3) is 5.49. The van der Waals surface area contributed by atoms with Gasteiger partial charge >= 0.3 is 0 Å². The third-order valence-corrected chi connectivity index (χ3v) is 4.17. The van der Waals surface area contributed by atoms with Crippen LogP contribution in [0.4, 0.5) is 0 Å². The quantitative estimate of drug-likeness (QED) is 0.799. The summed E-state index contributed by atoms with van der Waals surface area (Å²) in [5.74, 6) is 0.699. The molecule has 0 saturated carbocycles. The zero-order valence-electron chi connectivity index (χ0n) is 13.3. The van der Waals surface area contributed by atoms with Crippen molar-refractivity contribution in [3.63, 3.8) is 0 Å². The SMILES string of the molecule is COc1ccc(C)cc1CCNC(=O)c1csc(CCN)n1.Cl. The molecule has 23 heavy (non-hydrogen) atoms. The maximum absolute atomic E-state index is 12.0. The Balaban J connectivity index is 0.00000264.